The van der Waals surface area contributed by atoms with E-state index in [1.165, 1.54) is 6.20 Å². The average molecular weight is 252 g/mol. The zero-order chi connectivity index (χ0) is 12.4. The van der Waals surface area contributed by atoms with Gasteiger partial charge in [-0.1, -0.05) is 23.7 Å². The number of halogens is 1. The van der Waals surface area contributed by atoms with Gasteiger partial charge in [0, 0.05) is 11.9 Å². The fourth-order valence-electron chi connectivity index (χ4n) is 1.53. The molecule has 1 aromatic carbocycles. The van der Waals surface area contributed by atoms with Gasteiger partial charge < -0.3 is 14.7 Å². The van der Waals surface area contributed by atoms with Crippen molar-refractivity contribution < 1.29 is 4.92 Å². The normalized spacial score (nSPS) is 10.5. The third kappa shape index (κ3) is 2.62. The minimum absolute atomic E-state index is 0.128. The summed E-state index contributed by atoms with van der Waals surface area (Å²) in [5.41, 5.74) is 1.02. The van der Waals surface area contributed by atoms with Crippen LogP contribution in [-0.4, -0.2) is 14.5 Å². The van der Waals surface area contributed by atoms with E-state index in [-0.39, 0.29) is 5.82 Å². The first-order chi connectivity index (χ1) is 8.06. The molecule has 0 aliphatic carbocycles. The van der Waals surface area contributed by atoms with Crippen molar-refractivity contribution in [3.05, 3.63) is 57.0 Å². The van der Waals surface area contributed by atoms with Crippen molar-refractivity contribution in [3.63, 3.8) is 0 Å². The molecule has 0 saturated heterocycles. The first-order valence-electron chi connectivity index (χ1n) is 4.99. The Hall–Kier alpha value is -1.88. The Kier molecular flexibility index (Phi) is 3.10. The highest BCUT2D eigenvalue weighted by Gasteiger charge is 2.14. The van der Waals surface area contributed by atoms with Gasteiger partial charge in [-0.05, 0) is 27.6 Å². The SMILES string of the molecule is Cc1nc([N+](=O)[O-])cn1Cc1ccc(Cl)cc1. The van der Waals surface area contributed by atoms with Crippen LogP contribution in [0.2, 0.25) is 5.02 Å². The van der Waals surface area contributed by atoms with Gasteiger partial charge in [-0.3, -0.25) is 0 Å². The minimum Gasteiger partial charge on any atom is -0.358 e. The summed E-state index contributed by atoms with van der Waals surface area (Å²) < 4.78 is 1.74. The number of rotatable bonds is 3. The van der Waals surface area contributed by atoms with Gasteiger partial charge in [0.2, 0.25) is 5.82 Å². The number of benzene rings is 1. The van der Waals surface area contributed by atoms with E-state index in [9.17, 15) is 10.1 Å². The monoisotopic (exact) mass is 251 g/mol. The summed E-state index contributed by atoms with van der Waals surface area (Å²) in [6.45, 7) is 2.28. The van der Waals surface area contributed by atoms with Gasteiger partial charge in [-0.25, -0.2) is 0 Å². The third-order valence-corrected chi connectivity index (χ3v) is 2.67. The number of hydrogen-bond acceptors (Lipinski definition) is 3. The highest BCUT2D eigenvalue weighted by atomic mass is 35.5. The standard InChI is InChI=1S/C11H10ClN3O2/c1-8-13-11(15(16)17)7-14(8)6-9-2-4-10(12)5-3-9/h2-5,7H,6H2,1H3. The van der Waals surface area contributed by atoms with Gasteiger partial charge in [-0.15, -0.1) is 0 Å². The second-order valence-electron chi connectivity index (χ2n) is 3.66. The van der Waals surface area contributed by atoms with Crippen LogP contribution in [0, 0.1) is 17.0 Å². The lowest BCUT2D eigenvalue weighted by molar-refractivity contribution is -0.389. The quantitative estimate of drug-likeness (QED) is 0.622. The predicted octanol–water partition coefficient (Wildman–Crippen LogP) is 2.80. The molecular formula is C11H10ClN3O2. The van der Waals surface area contributed by atoms with E-state index in [1.807, 2.05) is 12.1 Å². The summed E-state index contributed by atoms with van der Waals surface area (Å²) in [4.78, 5) is 13.9. The number of aryl methyl sites for hydroxylation is 1. The number of imidazole rings is 1. The Balaban J connectivity index is 2.24. The summed E-state index contributed by atoms with van der Waals surface area (Å²) in [5, 5.41) is 11.2. The van der Waals surface area contributed by atoms with Crippen LogP contribution in [0.3, 0.4) is 0 Å². The lowest BCUT2D eigenvalue weighted by atomic mass is 10.2. The molecule has 0 amide bonds. The van der Waals surface area contributed by atoms with Crippen molar-refractivity contribution in [2.24, 2.45) is 0 Å². The highest BCUT2D eigenvalue weighted by Crippen LogP contribution is 2.14. The van der Waals surface area contributed by atoms with Gasteiger partial charge in [0.15, 0.2) is 0 Å². The van der Waals surface area contributed by atoms with Crippen LogP contribution < -0.4 is 0 Å². The molecule has 5 nitrogen and oxygen atoms in total. The second kappa shape index (κ2) is 4.55. The van der Waals surface area contributed by atoms with Crippen LogP contribution in [0.4, 0.5) is 5.82 Å². The first kappa shape index (κ1) is 11.6. The van der Waals surface area contributed by atoms with Crippen LogP contribution in [0.1, 0.15) is 11.4 Å². The van der Waals surface area contributed by atoms with Crippen molar-refractivity contribution in [1.82, 2.24) is 9.55 Å². The molecule has 0 aliphatic heterocycles. The van der Waals surface area contributed by atoms with Crippen LogP contribution in [-0.2, 0) is 6.54 Å². The van der Waals surface area contributed by atoms with E-state index in [4.69, 9.17) is 11.6 Å². The van der Waals surface area contributed by atoms with Crippen molar-refractivity contribution in [1.29, 1.82) is 0 Å². The molecule has 0 unspecified atom stereocenters. The number of nitrogens with zero attached hydrogens (tertiary/aromatic N) is 3. The zero-order valence-electron chi connectivity index (χ0n) is 9.13. The molecule has 88 valence electrons. The van der Waals surface area contributed by atoms with Gasteiger partial charge in [0.1, 0.15) is 6.20 Å². The fourth-order valence-corrected chi connectivity index (χ4v) is 1.65. The van der Waals surface area contributed by atoms with Gasteiger partial charge in [0.25, 0.3) is 0 Å². The van der Waals surface area contributed by atoms with E-state index >= 15 is 0 Å². The Morgan fingerprint density at radius 2 is 2.06 bits per heavy atom. The fraction of sp³-hybridized carbons (Fsp3) is 0.182. The van der Waals surface area contributed by atoms with Gasteiger partial charge >= 0.3 is 5.82 Å². The number of aromatic nitrogens is 2. The van der Waals surface area contributed by atoms with Crippen LogP contribution in [0.15, 0.2) is 30.5 Å². The smallest absolute Gasteiger partial charge is 0.358 e. The zero-order valence-corrected chi connectivity index (χ0v) is 9.89. The predicted molar refractivity (Wildman–Crippen MR) is 64.2 cm³/mol. The average Bonchev–Trinajstić information content (AvgIpc) is 2.64. The molecule has 0 fully saturated rings. The molecule has 0 N–H and O–H groups in total. The van der Waals surface area contributed by atoms with Gasteiger partial charge in [0.05, 0.1) is 6.54 Å². The summed E-state index contributed by atoms with van der Waals surface area (Å²) in [6.07, 6.45) is 1.43. The number of hydrogen-bond donors (Lipinski definition) is 0. The molecule has 0 radical (unpaired) electrons. The first-order valence-corrected chi connectivity index (χ1v) is 5.36. The molecule has 2 rings (SSSR count). The van der Waals surface area contributed by atoms with Crippen LogP contribution >= 0.6 is 11.6 Å². The molecule has 0 bridgehead atoms. The molecule has 1 aromatic heterocycles. The summed E-state index contributed by atoms with van der Waals surface area (Å²) in [6, 6.07) is 7.34. The largest absolute Gasteiger partial charge is 0.381 e. The maximum absolute atomic E-state index is 10.6. The van der Waals surface area contributed by atoms with Crippen molar-refractivity contribution in [2.45, 2.75) is 13.5 Å². The van der Waals surface area contributed by atoms with Crippen molar-refractivity contribution in [2.75, 3.05) is 0 Å². The van der Waals surface area contributed by atoms with Gasteiger partial charge in [-0.2, -0.15) is 0 Å². The van der Waals surface area contributed by atoms with E-state index in [2.05, 4.69) is 4.98 Å². The molecule has 1 heterocycles. The van der Waals surface area contributed by atoms with Crippen molar-refractivity contribution in [3.8, 4) is 0 Å². The Morgan fingerprint density at radius 3 is 2.59 bits per heavy atom. The molecule has 0 saturated carbocycles. The topological polar surface area (TPSA) is 61.0 Å². The molecule has 17 heavy (non-hydrogen) atoms. The molecular weight excluding hydrogens is 242 g/mol. The molecule has 2 aromatic rings. The molecule has 0 aliphatic rings. The molecule has 0 atom stereocenters. The van der Waals surface area contributed by atoms with Crippen LogP contribution in [0.25, 0.3) is 0 Å². The Labute approximate surface area is 103 Å². The summed E-state index contributed by atoms with van der Waals surface area (Å²) >= 11 is 5.78. The third-order valence-electron chi connectivity index (χ3n) is 2.42. The maximum Gasteiger partial charge on any atom is 0.381 e. The summed E-state index contributed by atoms with van der Waals surface area (Å²) in [7, 11) is 0. The molecule has 0 spiro atoms. The number of nitro groups is 1. The lowest BCUT2D eigenvalue weighted by Gasteiger charge is -2.02. The van der Waals surface area contributed by atoms with E-state index in [1.54, 1.807) is 23.6 Å². The maximum atomic E-state index is 10.6. The van der Waals surface area contributed by atoms with E-state index in [0.717, 1.165) is 5.56 Å². The summed E-state index contributed by atoms with van der Waals surface area (Å²) in [5.74, 6) is 0.489. The van der Waals surface area contributed by atoms with Crippen LogP contribution in [0.5, 0.6) is 0 Å². The Morgan fingerprint density at radius 1 is 1.41 bits per heavy atom. The van der Waals surface area contributed by atoms with E-state index < -0.39 is 4.92 Å². The minimum atomic E-state index is -0.495. The highest BCUT2D eigenvalue weighted by molar-refractivity contribution is 6.30. The van der Waals surface area contributed by atoms with Crippen molar-refractivity contribution >= 4 is 17.4 Å². The van der Waals surface area contributed by atoms with E-state index in [0.29, 0.717) is 17.4 Å². The lowest BCUT2D eigenvalue weighted by Crippen LogP contribution is -2.00. The molecule has 6 heteroatoms. The second-order valence-corrected chi connectivity index (χ2v) is 4.09. The Bertz CT molecular complexity index is 548.